The topological polar surface area (TPSA) is 91.4 Å². The maximum Gasteiger partial charge on any atom is 0.309 e. The monoisotopic (exact) mass is 451 g/mol. The Balaban J connectivity index is 2.44. The molecule has 0 saturated carbocycles. The molecule has 0 bridgehead atoms. The lowest BCUT2D eigenvalue weighted by molar-refractivity contribution is 0.0683. The van der Waals surface area contributed by atoms with Gasteiger partial charge in [-0.1, -0.05) is 12.1 Å². The normalized spacial score (nSPS) is 11.2. The molecule has 0 N–H and O–H groups in total. The van der Waals surface area contributed by atoms with E-state index in [2.05, 4.69) is 0 Å². The Morgan fingerprint density at radius 3 is 2.00 bits per heavy atom. The van der Waals surface area contributed by atoms with Crippen molar-refractivity contribution >= 4 is 16.0 Å². The van der Waals surface area contributed by atoms with Crippen molar-refractivity contribution in [1.29, 1.82) is 0 Å². The van der Waals surface area contributed by atoms with Crippen LogP contribution in [0.2, 0.25) is 0 Å². The van der Waals surface area contributed by atoms with Crippen LogP contribution in [0, 0.1) is 0 Å². The molecular weight excluding hydrogens is 422 g/mol. The third-order valence-electron chi connectivity index (χ3n) is 4.68. The van der Waals surface area contributed by atoms with Crippen LogP contribution < -0.4 is 18.4 Å². The first-order valence-corrected chi connectivity index (χ1v) is 11.4. The molecule has 0 unspecified atom stereocenters. The molecule has 0 aromatic heterocycles. The molecule has 1 amide bonds. The van der Waals surface area contributed by atoms with Crippen molar-refractivity contribution in [3.63, 3.8) is 0 Å². The molecular formula is C22H29NO7S. The van der Waals surface area contributed by atoms with E-state index < -0.39 is 10.1 Å². The number of benzene rings is 2. The largest absolute Gasteiger partial charge is 0.496 e. The molecule has 0 aliphatic rings. The summed E-state index contributed by atoms with van der Waals surface area (Å²) in [6, 6.07) is 9.91. The highest BCUT2D eigenvalue weighted by molar-refractivity contribution is 7.87. The Morgan fingerprint density at radius 1 is 0.935 bits per heavy atom. The van der Waals surface area contributed by atoms with E-state index >= 15 is 0 Å². The van der Waals surface area contributed by atoms with Crippen LogP contribution in [0.4, 0.5) is 0 Å². The van der Waals surface area contributed by atoms with Crippen LogP contribution >= 0.6 is 0 Å². The minimum Gasteiger partial charge on any atom is -0.496 e. The smallest absolute Gasteiger partial charge is 0.309 e. The zero-order valence-corrected chi connectivity index (χ0v) is 19.5. The van der Waals surface area contributed by atoms with Crippen molar-refractivity contribution in [1.82, 2.24) is 4.90 Å². The molecule has 8 nitrogen and oxygen atoms in total. The molecule has 0 saturated heterocycles. The number of nitrogens with zero attached hydrogens (tertiary/aromatic N) is 1. The fourth-order valence-electron chi connectivity index (χ4n) is 2.97. The van der Waals surface area contributed by atoms with Gasteiger partial charge >= 0.3 is 10.1 Å². The lowest BCUT2D eigenvalue weighted by Crippen LogP contribution is -2.36. The minimum atomic E-state index is -3.74. The molecule has 9 heteroatoms. The molecule has 2 aromatic carbocycles. The van der Waals surface area contributed by atoms with Gasteiger partial charge in [-0.15, -0.1) is 0 Å². The van der Waals surface area contributed by atoms with E-state index in [0.29, 0.717) is 22.6 Å². The zero-order valence-electron chi connectivity index (χ0n) is 18.7. The Hall–Kier alpha value is -2.94. The average Bonchev–Trinajstić information content (AvgIpc) is 2.76. The fraction of sp³-hybridized carbons (Fsp3) is 0.409. The van der Waals surface area contributed by atoms with Gasteiger partial charge in [0.05, 0.1) is 27.1 Å². The maximum absolute atomic E-state index is 13.4. The predicted octanol–water partition coefficient (Wildman–Crippen LogP) is 3.49. The highest BCUT2D eigenvalue weighted by Crippen LogP contribution is 2.33. The molecule has 2 aromatic rings. The summed E-state index contributed by atoms with van der Waals surface area (Å²) in [6.07, 6.45) is 0. The summed E-state index contributed by atoms with van der Waals surface area (Å²) in [5.41, 5.74) is 0.998. The summed E-state index contributed by atoms with van der Waals surface area (Å²) >= 11 is 0. The number of methoxy groups -OCH3 is 3. The first-order valence-electron chi connectivity index (χ1n) is 9.78. The average molecular weight is 452 g/mol. The number of amides is 1. The van der Waals surface area contributed by atoms with Gasteiger partial charge in [0.25, 0.3) is 5.91 Å². The van der Waals surface area contributed by atoms with Gasteiger partial charge < -0.3 is 23.3 Å². The van der Waals surface area contributed by atoms with Crippen molar-refractivity contribution in [3.8, 4) is 23.0 Å². The van der Waals surface area contributed by atoms with E-state index in [1.54, 1.807) is 41.3 Å². The van der Waals surface area contributed by atoms with Gasteiger partial charge in [-0.3, -0.25) is 4.79 Å². The second kappa shape index (κ2) is 10.4. The molecule has 0 atom stereocenters. The van der Waals surface area contributed by atoms with Crippen molar-refractivity contribution < 1.29 is 31.6 Å². The molecule has 2 rings (SSSR count). The summed E-state index contributed by atoms with van der Waals surface area (Å²) in [5, 5.41) is 0. The first-order chi connectivity index (χ1) is 14.7. The second-order valence-electron chi connectivity index (χ2n) is 6.98. The summed E-state index contributed by atoms with van der Waals surface area (Å²) < 4.78 is 45.0. The van der Waals surface area contributed by atoms with Gasteiger partial charge in [-0.05, 0) is 50.6 Å². The Kier molecular flexibility index (Phi) is 8.15. The summed E-state index contributed by atoms with van der Waals surface area (Å²) in [7, 11) is 0.676. The van der Waals surface area contributed by atoms with Gasteiger partial charge in [0.2, 0.25) is 0 Å². The standard InChI is InChI=1S/C22H29NO7S/c1-7-31(25,26)30-20-13-16(11-12-17(20)27-4)14-23(15(2)3)22(24)21-18(28-5)9-8-10-19(21)29-6/h8-13,15H,7,14H2,1-6H3. The fourth-order valence-corrected chi connectivity index (χ4v) is 3.49. The lowest BCUT2D eigenvalue weighted by Gasteiger charge is -2.28. The van der Waals surface area contributed by atoms with Crippen LogP contribution in [-0.4, -0.2) is 52.3 Å². The highest BCUT2D eigenvalue weighted by atomic mass is 32.2. The van der Waals surface area contributed by atoms with E-state index in [-0.39, 0.29) is 35.7 Å². The Labute approximate surface area is 183 Å². The number of carbonyl (C=O) groups is 1. The van der Waals surface area contributed by atoms with Crippen LogP contribution in [0.1, 0.15) is 36.7 Å². The third-order valence-corrected chi connectivity index (χ3v) is 5.82. The molecule has 0 aliphatic heterocycles. The third kappa shape index (κ3) is 5.81. The number of carbonyl (C=O) groups excluding carboxylic acids is 1. The quantitative estimate of drug-likeness (QED) is 0.511. The van der Waals surface area contributed by atoms with E-state index in [1.165, 1.54) is 28.3 Å². The number of rotatable bonds is 10. The molecule has 0 spiro atoms. The zero-order chi connectivity index (χ0) is 23.2. The second-order valence-corrected chi connectivity index (χ2v) is 8.84. The van der Waals surface area contributed by atoms with Crippen molar-refractivity contribution in [2.24, 2.45) is 0 Å². The number of ether oxygens (including phenoxy) is 3. The van der Waals surface area contributed by atoms with Gasteiger partial charge in [-0.25, -0.2) is 0 Å². The maximum atomic E-state index is 13.4. The number of hydrogen-bond donors (Lipinski definition) is 0. The van der Waals surface area contributed by atoms with Gasteiger partial charge in [0.15, 0.2) is 11.5 Å². The van der Waals surface area contributed by atoms with Gasteiger partial charge in [-0.2, -0.15) is 8.42 Å². The predicted molar refractivity (Wildman–Crippen MR) is 118 cm³/mol. The van der Waals surface area contributed by atoms with Gasteiger partial charge in [0.1, 0.15) is 17.1 Å². The minimum absolute atomic E-state index is 0.0767. The van der Waals surface area contributed by atoms with Crippen LogP contribution in [0.25, 0.3) is 0 Å². The molecule has 0 heterocycles. The Morgan fingerprint density at radius 2 is 1.52 bits per heavy atom. The molecule has 0 aliphatic carbocycles. The Bertz CT molecular complexity index is 996. The van der Waals surface area contributed by atoms with Crippen molar-refractivity contribution in [3.05, 3.63) is 47.5 Å². The van der Waals surface area contributed by atoms with E-state index in [4.69, 9.17) is 18.4 Å². The van der Waals surface area contributed by atoms with Crippen molar-refractivity contribution in [2.45, 2.75) is 33.4 Å². The SMILES string of the molecule is CCS(=O)(=O)Oc1cc(CN(C(=O)c2c(OC)cccc2OC)C(C)C)ccc1OC. The summed E-state index contributed by atoms with van der Waals surface area (Å²) in [5.74, 6) is 0.724. The lowest BCUT2D eigenvalue weighted by atomic mass is 10.1. The van der Waals surface area contributed by atoms with Crippen LogP contribution in [0.3, 0.4) is 0 Å². The highest BCUT2D eigenvalue weighted by Gasteiger charge is 2.26. The van der Waals surface area contributed by atoms with Crippen LogP contribution in [0.15, 0.2) is 36.4 Å². The number of hydrogen-bond acceptors (Lipinski definition) is 7. The van der Waals surface area contributed by atoms with Gasteiger partial charge in [0, 0.05) is 12.6 Å². The molecule has 0 fully saturated rings. The van der Waals surface area contributed by atoms with Crippen LogP contribution in [0.5, 0.6) is 23.0 Å². The van der Waals surface area contributed by atoms with E-state index in [0.717, 1.165) is 0 Å². The summed E-state index contributed by atoms with van der Waals surface area (Å²) in [6.45, 7) is 5.49. The molecule has 31 heavy (non-hydrogen) atoms. The molecule has 170 valence electrons. The van der Waals surface area contributed by atoms with Crippen molar-refractivity contribution in [2.75, 3.05) is 27.1 Å². The summed E-state index contributed by atoms with van der Waals surface area (Å²) in [4.78, 5) is 15.1. The van der Waals surface area contributed by atoms with E-state index in [9.17, 15) is 13.2 Å². The van der Waals surface area contributed by atoms with Crippen LogP contribution in [-0.2, 0) is 16.7 Å². The van der Waals surface area contributed by atoms with E-state index in [1.807, 2.05) is 13.8 Å². The first kappa shape index (κ1) is 24.3. The molecule has 0 radical (unpaired) electrons.